The van der Waals surface area contributed by atoms with Crippen molar-refractivity contribution < 1.29 is 9.90 Å². The number of hydrogen-bond donors (Lipinski definition) is 1. The summed E-state index contributed by atoms with van der Waals surface area (Å²) in [5.74, 6) is -0.270. The Labute approximate surface area is 112 Å². The van der Waals surface area contributed by atoms with Gasteiger partial charge in [0, 0.05) is 6.20 Å². The lowest BCUT2D eigenvalue weighted by atomic mass is 10.2. The fourth-order valence-corrected chi connectivity index (χ4v) is 2.79. The lowest BCUT2D eigenvalue weighted by Gasteiger charge is -2.01. The molecule has 3 rings (SSSR count). The number of carboxylic acids is 1. The molecule has 0 saturated heterocycles. The fourth-order valence-electron chi connectivity index (χ4n) is 1.85. The van der Waals surface area contributed by atoms with Crippen LogP contribution in [0.1, 0.15) is 11.4 Å². The predicted octanol–water partition coefficient (Wildman–Crippen LogP) is 1.79. The molecule has 0 aromatic carbocycles. The smallest absolute Gasteiger partial charge is 0.311 e. The molecule has 0 saturated carbocycles. The third-order valence-electron chi connectivity index (χ3n) is 2.69. The van der Waals surface area contributed by atoms with Crippen molar-refractivity contribution >= 4 is 23.1 Å². The molecule has 6 nitrogen and oxygen atoms in total. The van der Waals surface area contributed by atoms with Crippen LogP contribution in [0.5, 0.6) is 0 Å². The van der Waals surface area contributed by atoms with E-state index >= 15 is 0 Å². The van der Waals surface area contributed by atoms with Crippen molar-refractivity contribution in [3.63, 3.8) is 0 Å². The quantitative estimate of drug-likeness (QED) is 0.787. The third kappa shape index (κ3) is 2.08. The van der Waals surface area contributed by atoms with Crippen LogP contribution >= 0.6 is 11.3 Å². The highest BCUT2D eigenvalue weighted by molar-refractivity contribution is 7.13. The molecule has 0 spiro atoms. The van der Waals surface area contributed by atoms with Crippen molar-refractivity contribution in [3.05, 3.63) is 35.1 Å². The van der Waals surface area contributed by atoms with E-state index < -0.39 is 5.97 Å². The van der Waals surface area contributed by atoms with Crippen LogP contribution < -0.4 is 0 Å². The van der Waals surface area contributed by atoms with E-state index in [1.54, 1.807) is 22.0 Å². The number of aryl methyl sites for hydroxylation is 1. The van der Waals surface area contributed by atoms with Gasteiger partial charge < -0.3 is 5.11 Å². The first kappa shape index (κ1) is 11.8. The third-order valence-corrected chi connectivity index (χ3v) is 3.73. The van der Waals surface area contributed by atoms with Crippen molar-refractivity contribution in [2.45, 2.75) is 13.3 Å². The van der Waals surface area contributed by atoms with Crippen molar-refractivity contribution in [1.82, 2.24) is 19.6 Å². The molecule has 0 aliphatic carbocycles. The zero-order valence-corrected chi connectivity index (χ0v) is 10.9. The van der Waals surface area contributed by atoms with Crippen molar-refractivity contribution in [2.75, 3.05) is 0 Å². The normalized spacial score (nSPS) is 11.0. The van der Waals surface area contributed by atoms with Gasteiger partial charge in [-0.3, -0.25) is 4.79 Å². The number of nitrogens with zero attached hydrogens (tertiary/aromatic N) is 4. The van der Waals surface area contributed by atoms with E-state index in [1.165, 1.54) is 0 Å². The Morgan fingerprint density at radius 2 is 2.32 bits per heavy atom. The molecule has 0 fully saturated rings. The van der Waals surface area contributed by atoms with Gasteiger partial charge in [0.15, 0.2) is 5.82 Å². The average Bonchev–Trinajstić information content (AvgIpc) is 2.93. The maximum atomic E-state index is 10.7. The Balaban J connectivity index is 2.18. The maximum Gasteiger partial charge on any atom is 0.311 e. The van der Waals surface area contributed by atoms with E-state index in [2.05, 4.69) is 15.1 Å². The van der Waals surface area contributed by atoms with Gasteiger partial charge in [-0.2, -0.15) is 9.50 Å². The number of carboxylic acid groups (broad SMARTS) is 1. The molecule has 7 heteroatoms. The molecule has 3 aromatic heterocycles. The van der Waals surface area contributed by atoms with Gasteiger partial charge in [0.1, 0.15) is 6.42 Å². The highest BCUT2D eigenvalue weighted by Crippen LogP contribution is 2.28. The average molecular weight is 274 g/mol. The van der Waals surface area contributed by atoms with Gasteiger partial charge in [0.25, 0.3) is 5.78 Å². The van der Waals surface area contributed by atoms with Crippen LogP contribution in [0.4, 0.5) is 0 Å². The van der Waals surface area contributed by atoms with Gasteiger partial charge in [-0.25, -0.2) is 4.98 Å². The standard InChI is InChI=1S/C12H10N4O2S/c1-7-3-5-19-11(7)8-2-4-13-12-14-9(6-10(17)18)15-16(8)12/h2-5H,6H2,1H3,(H,17,18). The van der Waals surface area contributed by atoms with Crippen LogP contribution in [-0.2, 0) is 11.2 Å². The van der Waals surface area contributed by atoms with E-state index in [4.69, 9.17) is 5.11 Å². The number of aliphatic carboxylic acids is 1. The minimum atomic E-state index is -0.954. The highest BCUT2D eigenvalue weighted by atomic mass is 32.1. The summed E-state index contributed by atoms with van der Waals surface area (Å²) in [4.78, 5) is 20.0. The first-order chi connectivity index (χ1) is 9.15. The summed E-state index contributed by atoms with van der Waals surface area (Å²) in [6, 6.07) is 3.88. The lowest BCUT2D eigenvalue weighted by molar-refractivity contribution is -0.136. The predicted molar refractivity (Wildman–Crippen MR) is 70.2 cm³/mol. The molecule has 0 unspecified atom stereocenters. The first-order valence-corrected chi connectivity index (χ1v) is 6.50. The molecule has 0 amide bonds. The van der Waals surface area contributed by atoms with Crippen LogP contribution in [0.2, 0.25) is 0 Å². The van der Waals surface area contributed by atoms with Gasteiger partial charge in [-0.1, -0.05) is 0 Å². The van der Waals surface area contributed by atoms with E-state index in [9.17, 15) is 4.79 Å². The summed E-state index contributed by atoms with van der Waals surface area (Å²) in [5.41, 5.74) is 2.02. The molecular formula is C12H10N4O2S. The molecule has 0 atom stereocenters. The van der Waals surface area contributed by atoms with E-state index in [0.29, 0.717) is 5.78 Å². The second kappa shape index (κ2) is 4.43. The molecule has 0 aliphatic heterocycles. The number of aromatic nitrogens is 4. The first-order valence-electron chi connectivity index (χ1n) is 5.62. The van der Waals surface area contributed by atoms with E-state index in [1.807, 2.05) is 24.4 Å². The number of carbonyl (C=O) groups is 1. The molecule has 96 valence electrons. The van der Waals surface area contributed by atoms with Gasteiger partial charge >= 0.3 is 5.97 Å². The molecule has 0 radical (unpaired) electrons. The van der Waals surface area contributed by atoms with Crippen LogP contribution in [-0.4, -0.2) is 30.7 Å². The minimum Gasteiger partial charge on any atom is -0.481 e. The zero-order chi connectivity index (χ0) is 13.4. The molecule has 1 N–H and O–H groups in total. The summed E-state index contributed by atoms with van der Waals surface area (Å²) in [5, 5.41) is 15.0. The van der Waals surface area contributed by atoms with Crippen LogP contribution in [0.25, 0.3) is 16.3 Å². The Morgan fingerprint density at radius 1 is 1.47 bits per heavy atom. The van der Waals surface area contributed by atoms with Gasteiger partial charge in [0.05, 0.1) is 10.6 Å². The van der Waals surface area contributed by atoms with Crippen LogP contribution in [0.15, 0.2) is 23.7 Å². The van der Waals surface area contributed by atoms with Gasteiger partial charge in [-0.15, -0.1) is 16.4 Å². The number of rotatable bonds is 3. The van der Waals surface area contributed by atoms with Gasteiger partial charge in [0.2, 0.25) is 0 Å². The van der Waals surface area contributed by atoms with Gasteiger partial charge in [-0.05, 0) is 30.0 Å². The monoisotopic (exact) mass is 274 g/mol. The number of hydrogen-bond acceptors (Lipinski definition) is 5. The van der Waals surface area contributed by atoms with Crippen LogP contribution in [0.3, 0.4) is 0 Å². The molecule has 0 bridgehead atoms. The SMILES string of the molecule is Cc1ccsc1-c1ccnc2nc(CC(=O)O)nn12. The van der Waals surface area contributed by atoms with Crippen molar-refractivity contribution in [1.29, 1.82) is 0 Å². The molecule has 3 aromatic rings. The Kier molecular flexibility index (Phi) is 2.75. The second-order valence-electron chi connectivity index (χ2n) is 4.07. The minimum absolute atomic E-state index is 0.202. The Morgan fingerprint density at radius 3 is 3.00 bits per heavy atom. The Bertz CT molecular complexity index is 762. The molecule has 3 heterocycles. The Hall–Kier alpha value is -2.28. The second-order valence-corrected chi connectivity index (χ2v) is 4.99. The van der Waals surface area contributed by atoms with Crippen molar-refractivity contribution in [3.8, 4) is 10.6 Å². The lowest BCUT2D eigenvalue weighted by Crippen LogP contribution is -2.02. The van der Waals surface area contributed by atoms with Crippen molar-refractivity contribution in [2.24, 2.45) is 0 Å². The summed E-state index contributed by atoms with van der Waals surface area (Å²) < 4.78 is 1.59. The molecule has 0 aliphatic rings. The fraction of sp³-hybridized carbons (Fsp3) is 0.167. The highest BCUT2D eigenvalue weighted by Gasteiger charge is 2.13. The maximum absolute atomic E-state index is 10.7. The van der Waals surface area contributed by atoms with E-state index in [-0.39, 0.29) is 12.2 Å². The summed E-state index contributed by atoms with van der Waals surface area (Å²) in [6.07, 6.45) is 1.45. The topological polar surface area (TPSA) is 80.4 Å². The largest absolute Gasteiger partial charge is 0.481 e. The van der Waals surface area contributed by atoms with E-state index in [0.717, 1.165) is 16.1 Å². The summed E-state index contributed by atoms with van der Waals surface area (Å²) >= 11 is 1.61. The molecular weight excluding hydrogens is 264 g/mol. The number of fused-ring (bicyclic) bond motifs is 1. The zero-order valence-electron chi connectivity index (χ0n) is 10.1. The van der Waals surface area contributed by atoms with Crippen LogP contribution in [0, 0.1) is 6.92 Å². The number of thiophene rings is 1. The molecule has 19 heavy (non-hydrogen) atoms. The summed E-state index contributed by atoms with van der Waals surface area (Å²) in [6.45, 7) is 2.02. The summed E-state index contributed by atoms with van der Waals surface area (Å²) in [7, 11) is 0.